The Morgan fingerprint density at radius 1 is 0.981 bits per heavy atom. The van der Waals surface area contributed by atoms with E-state index in [1.54, 1.807) is 30.3 Å². The topological polar surface area (TPSA) is 182 Å². The van der Waals surface area contributed by atoms with Crippen molar-refractivity contribution in [3.63, 3.8) is 0 Å². The minimum atomic E-state index is -4.75. The van der Waals surface area contributed by atoms with Gasteiger partial charge in [-0.15, -0.1) is 5.10 Å². The van der Waals surface area contributed by atoms with Gasteiger partial charge >= 0.3 is 12.2 Å². The molecule has 0 atom stereocenters. The van der Waals surface area contributed by atoms with Crippen LogP contribution in [0.1, 0.15) is 36.1 Å². The molecule has 6 rings (SSSR count). The van der Waals surface area contributed by atoms with E-state index in [0.29, 0.717) is 35.9 Å². The van der Waals surface area contributed by atoms with Crippen molar-refractivity contribution in [2.24, 2.45) is 0 Å². The van der Waals surface area contributed by atoms with Crippen LogP contribution in [0.4, 0.5) is 52.7 Å². The number of halogens is 3. The lowest BCUT2D eigenvalue weighted by Gasteiger charge is -2.37. The third-order valence-electron chi connectivity index (χ3n) is 9.23. The van der Waals surface area contributed by atoms with E-state index in [0.717, 1.165) is 47.9 Å². The van der Waals surface area contributed by atoms with Crippen LogP contribution in [0, 0.1) is 0 Å². The van der Waals surface area contributed by atoms with Gasteiger partial charge in [-0.05, 0) is 62.4 Å². The molecular weight excluding hydrogens is 730 g/mol. The Kier molecular flexibility index (Phi) is 11.1. The number of nitrogens with zero attached hydrogens (tertiary/aromatic N) is 9. The molecule has 2 aliphatic rings. The first kappa shape index (κ1) is 38.1. The summed E-state index contributed by atoms with van der Waals surface area (Å²) in [6, 6.07) is 14.0. The fraction of sp³-hybridized carbons (Fsp3) is 0.382. The van der Waals surface area contributed by atoms with Gasteiger partial charge in [0, 0.05) is 81.6 Å². The molecule has 3 N–H and O–H groups in total. The first-order valence-corrected chi connectivity index (χ1v) is 18.8. The quantitative estimate of drug-likeness (QED) is 0.189. The Morgan fingerprint density at radius 2 is 1.72 bits per heavy atom. The monoisotopic (exact) mass is 768 g/mol. The summed E-state index contributed by atoms with van der Waals surface area (Å²) in [5.41, 5.74) is 1.61. The zero-order valence-corrected chi connectivity index (χ0v) is 30.5. The van der Waals surface area contributed by atoms with Gasteiger partial charge in [0.1, 0.15) is 17.2 Å². The van der Waals surface area contributed by atoms with Crippen LogP contribution < -0.4 is 30.1 Å². The molecule has 2 aliphatic heterocycles. The van der Waals surface area contributed by atoms with E-state index in [-0.39, 0.29) is 37.2 Å². The number of aromatic nitrogens is 5. The van der Waals surface area contributed by atoms with Crippen LogP contribution >= 0.6 is 0 Å². The molecule has 1 aromatic carbocycles. The van der Waals surface area contributed by atoms with Gasteiger partial charge in [0.25, 0.3) is 0 Å². The third kappa shape index (κ3) is 9.11. The van der Waals surface area contributed by atoms with Gasteiger partial charge in [0.15, 0.2) is 5.82 Å². The van der Waals surface area contributed by atoms with Crippen molar-refractivity contribution in [1.29, 1.82) is 0 Å². The maximum atomic E-state index is 13.9. The Labute approximate surface area is 309 Å². The summed E-state index contributed by atoms with van der Waals surface area (Å²) in [5, 5.41) is 16.4. The number of carbonyl (C=O) groups excluding carboxylic acids is 2. The molecule has 2 saturated heterocycles. The van der Waals surface area contributed by atoms with Crippen LogP contribution in [0.2, 0.25) is 0 Å². The number of imide groups is 1. The molecule has 0 aliphatic carbocycles. The molecule has 3 amide bonds. The van der Waals surface area contributed by atoms with Crippen molar-refractivity contribution in [2.75, 3.05) is 64.7 Å². The van der Waals surface area contributed by atoms with E-state index in [1.807, 2.05) is 25.2 Å². The highest BCUT2D eigenvalue weighted by molar-refractivity contribution is 7.92. The molecule has 0 unspecified atom stereocenters. The number of amides is 3. The molecule has 0 spiro atoms. The van der Waals surface area contributed by atoms with Crippen molar-refractivity contribution in [3.8, 4) is 0 Å². The van der Waals surface area contributed by atoms with Crippen LogP contribution in [0.25, 0.3) is 0 Å². The highest BCUT2D eigenvalue weighted by Crippen LogP contribution is 2.35. The molecule has 2 fully saturated rings. The Balaban J connectivity index is 1.04. The summed E-state index contributed by atoms with van der Waals surface area (Å²) in [6.07, 6.45) is 0.374. The molecule has 0 radical (unpaired) electrons. The van der Waals surface area contributed by atoms with E-state index in [4.69, 9.17) is 0 Å². The summed E-state index contributed by atoms with van der Waals surface area (Å²) < 4.78 is 66.8. The number of alkyl halides is 3. The molecule has 5 heterocycles. The predicted molar refractivity (Wildman–Crippen MR) is 196 cm³/mol. The summed E-state index contributed by atoms with van der Waals surface area (Å²) in [7, 11) is -0.313. The molecule has 0 saturated carbocycles. The number of piperidine rings is 1. The van der Waals surface area contributed by atoms with Crippen molar-refractivity contribution in [2.45, 2.75) is 44.6 Å². The third-order valence-corrected chi connectivity index (χ3v) is 10.4. The number of anilines is 6. The Bertz CT molecular complexity index is 2080. The Morgan fingerprint density at radius 3 is 2.37 bits per heavy atom. The molecule has 4 aromatic rings. The first-order chi connectivity index (χ1) is 25.7. The van der Waals surface area contributed by atoms with Gasteiger partial charge in [-0.25, -0.2) is 23.2 Å². The number of hydrogen-bond acceptors (Lipinski definition) is 13. The lowest BCUT2D eigenvalue weighted by atomic mass is 10.0. The molecule has 3 aromatic heterocycles. The van der Waals surface area contributed by atoms with Gasteiger partial charge in [-0.1, -0.05) is 6.07 Å². The van der Waals surface area contributed by atoms with Gasteiger partial charge in [-0.3, -0.25) is 24.2 Å². The normalized spacial score (nSPS) is 15.7. The molecule has 16 nitrogen and oxygen atoms in total. The number of sulfonamides is 1. The van der Waals surface area contributed by atoms with Crippen LogP contribution in [-0.4, -0.2) is 96.4 Å². The fourth-order valence-corrected chi connectivity index (χ4v) is 6.65. The lowest BCUT2D eigenvalue weighted by Crippen LogP contribution is -2.50. The van der Waals surface area contributed by atoms with E-state index in [1.165, 1.54) is 18.1 Å². The SMILES string of the molecule is CN(Cc1ccc(N2CCC(=O)NC2=O)nn1)C1CCN(c2ccc(Nc3ncc(C(F)(F)F)c(NCc4cccnc4N(C)S(C)(=O)=O)n3)cc2)CC1. The van der Waals surface area contributed by atoms with Crippen LogP contribution in [0.3, 0.4) is 0 Å². The second-order valence-corrected chi connectivity index (χ2v) is 15.0. The van der Waals surface area contributed by atoms with Crippen LogP contribution in [0.5, 0.6) is 0 Å². The van der Waals surface area contributed by atoms with Crippen molar-refractivity contribution in [3.05, 3.63) is 77.7 Å². The number of carbonyl (C=O) groups is 2. The van der Waals surface area contributed by atoms with Gasteiger partial charge in [0.05, 0.1) is 11.9 Å². The molecule has 286 valence electrons. The van der Waals surface area contributed by atoms with E-state index in [2.05, 4.69) is 50.9 Å². The summed E-state index contributed by atoms with van der Waals surface area (Å²) in [4.78, 5) is 41.5. The molecule has 20 heteroatoms. The first-order valence-electron chi connectivity index (χ1n) is 17.0. The van der Waals surface area contributed by atoms with Crippen molar-refractivity contribution >= 4 is 56.7 Å². The molecule has 54 heavy (non-hydrogen) atoms. The van der Waals surface area contributed by atoms with Gasteiger partial charge in [-0.2, -0.15) is 23.3 Å². The minimum absolute atomic E-state index is 0.0606. The van der Waals surface area contributed by atoms with Crippen molar-refractivity contribution < 1.29 is 31.2 Å². The van der Waals surface area contributed by atoms with Crippen LogP contribution in [-0.2, 0) is 34.1 Å². The highest BCUT2D eigenvalue weighted by atomic mass is 32.2. The average Bonchev–Trinajstić information content (AvgIpc) is 3.14. The number of benzene rings is 1. The number of urea groups is 1. The second-order valence-electron chi connectivity index (χ2n) is 13.0. The lowest BCUT2D eigenvalue weighted by molar-refractivity contribution is -0.137. The molecular formula is C34H39F3N12O4S. The predicted octanol–water partition coefficient (Wildman–Crippen LogP) is 3.98. The maximum absolute atomic E-state index is 13.9. The van der Waals surface area contributed by atoms with E-state index >= 15 is 0 Å². The zero-order chi connectivity index (χ0) is 38.6. The highest BCUT2D eigenvalue weighted by Gasteiger charge is 2.35. The van der Waals surface area contributed by atoms with Gasteiger partial charge < -0.3 is 15.5 Å². The number of rotatable bonds is 12. The fourth-order valence-electron chi connectivity index (χ4n) is 6.17. The van der Waals surface area contributed by atoms with Gasteiger partial charge in [0.2, 0.25) is 21.9 Å². The zero-order valence-electron chi connectivity index (χ0n) is 29.7. The summed E-state index contributed by atoms with van der Waals surface area (Å²) >= 11 is 0. The number of nitrogens with one attached hydrogen (secondary N) is 3. The number of pyridine rings is 1. The standard InChI is InChI=1S/C34H39F3N12O4S/c1-46(21-24-8-11-28(45-44-24)49-18-14-29(50)42-33(49)51)25-12-16-48(17-13-25)26-9-6-23(7-10-26)41-32-40-20-27(34(35,36)37)30(43-32)39-19-22-5-4-15-38-31(22)47(2)54(3,52)53/h4-11,15,20,25H,12-14,16-19,21H2,1-3H3,(H,42,50,51)(H2,39,40,41,43). The second kappa shape index (κ2) is 15.8. The van der Waals surface area contributed by atoms with E-state index < -0.39 is 33.6 Å². The largest absolute Gasteiger partial charge is 0.421 e. The summed E-state index contributed by atoms with van der Waals surface area (Å²) in [6.45, 7) is 2.28. The average molecular weight is 769 g/mol. The molecule has 0 bridgehead atoms. The van der Waals surface area contributed by atoms with E-state index in [9.17, 15) is 31.2 Å². The number of hydrogen-bond donors (Lipinski definition) is 3. The smallest absolute Gasteiger partial charge is 0.371 e. The van der Waals surface area contributed by atoms with Crippen molar-refractivity contribution in [1.82, 2.24) is 35.4 Å². The Hall–Kier alpha value is -5.63. The summed E-state index contributed by atoms with van der Waals surface area (Å²) in [5.74, 6) is -0.376. The minimum Gasteiger partial charge on any atom is -0.371 e. The van der Waals surface area contributed by atoms with Crippen LogP contribution in [0.15, 0.2) is 60.9 Å². The maximum Gasteiger partial charge on any atom is 0.421 e.